The van der Waals surface area contributed by atoms with E-state index in [1.807, 2.05) is 20.8 Å². The number of fused-ring (bicyclic) bond motifs is 15. The predicted octanol–water partition coefficient (Wildman–Crippen LogP) is 4.26. The van der Waals surface area contributed by atoms with E-state index in [9.17, 15) is 50.1 Å². The van der Waals surface area contributed by atoms with Gasteiger partial charge in [0.1, 0.15) is 95.9 Å². The van der Waals surface area contributed by atoms with Crippen molar-refractivity contribution in [3.8, 4) is 51.4 Å². The van der Waals surface area contributed by atoms with Crippen molar-refractivity contribution in [3.63, 3.8) is 0 Å². The van der Waals surface area contributed by atoms with Crippen LogP contribution in [0.25, 0.3) is 11.1 Å². The van der Waals surface area contributed by atoms with Gasteiger partial charge < -0.3 is 108 Å². The second-order valence-corrected chi connectivity index (χ2v) is 31.2. The highest BCUT2D eigenvalue weighted by Gasteiger charge is 2.51. The van der Waals surface area contributed by atoms with Crippen molar-refractivity contribution in [2.24, 2.45) is 35.3 Å². The van der Waals surface area contributed by atoms with E-state index < -0.39 is 174 Å². The number of benzene rings is 5. The fraction of sp³-hybridized carbons (Fsp3) is 0.506. The molecule has 0 spiro atoms. The van der Waals surface area contributed by atoms with Crippen LogP contribution in [-0.4, -0.2) is 170 Å². The number of phenolic OH excluding ortho intramolecular Hbond substituents is 2. The number of hydrogen-bond donors (Lipinski definition) is 18. The zero-order valence-electron chi connectivity index (χ0n) is 62.3. The lowest BCUT2D eigenvalue weighted by atomic mass is 9.54. The normalized spacial score (nSPS) is 28.5. The van der Waals surface area contributed by atoms with Crippen LogP contribution in [0.1, 0.15) is 167 Å². The molecule has 6 aliphatic heterocycles. The number of phenols is 2. The standard InChI is InChI=1S/C79H98ClN11O20/c1-7-8-9-10-11-18-83-79(107)85-57(94)32-50-72(101)87-61-44-29-54(108-52-16-13-40(20-35(52)4)65(95)63(76(105)84-50)90-71(100)49(82-6)19-34(2)3)70(111-78-69(99)68(98)67(97)56(33-81)110-78)55(30-44)109-53-17-14-41(28-48(53)80)66(96)64-77(106)89-62(75(104)86-59-42-23-37-22-38(25-42)26-43(59)24-37)47-31-45(92)21-36(5)58(47)46-27-39(12-15-51(46)93)60(73(102)91-64)88-74(61)103/h12-17,20-21,27-31,34,37-38,42-43,49-50,56,59-69,78,82,92-93,95-99H,7-11,18-19,22-26,32-33,81H2,1-6H3,(H,84,105)(H,86,104)(H,87,101)(H,88,103)(H,89,106)(H,90,100)(H,91,102)(H2,83,85,94,107)/t37?,38?,42?,43?,49-,50+,56-,59?,60-,61-,62+,63-,64+,65-,66-,67-,68+,69-,78+/m1/s1. The molecule has 1 saturated heterocycles. The Morgan fingerprint density at radius 2 is 1.29 bits per heavy atom. The van der Waals surface area contributed by atoms with Gasteiger partial charge in [-0.3, -0.25) is 43.7 Å². The number of urea groups is 1. The van der Waals surface area contributed by atoms with Crippen molar-refractivity contribution >= 4 is 64.9 Å². The van der Waals surface area contributed by atoms with Gasteiger partial charge in [0.2, 0.25) is 59.3 Å². The lowest BCUT2D eigenvalue weighted by molar-refractivity contribution is -0.270. The summed E-state index contributed by atoms with van der Waals surface area (Å²) >= 11 is 7.20. The van der Waals surface area contributed by atoms with Crippen molar-refractivity contribution in [2.45, 2.75) is 203 Å². The Bertz CT molecular complexity index is 4360. The van der Waals surface area contributed by atoms with E-state index >= 15 is 28.8 Å². The third kappa shape index (κ3) is 17.8. The number of aliphatic hydroxyl groups excluding tert-OH is 5. The topological polar surface area (TPSA) is 478 Å². The predicted molar refractivity (Wildman–Crippen MR) is 400 cm³/mol. The van der Waals surface area contributed by atoms with E-state index in [-0.39, 0.29) is 109 Å². The van der Waals surface area contributed by atoms with Crippen molar-refractivity contribution in [2.75, 3.05) is 20.1 Å². The number of ether oxygens (including phenoxy) is 4. The first kappa shape index (κ1) is 80.8. The number of rotatable bonds is 18. The van der Waals surface area contributed by atoms with Crippen LogP contribution in [0.4, 0.5) is 4.79 Å². The SMILES string of the molecule is CCCCCCCNC(=O)NC(=O)C[C@@H]1NC(=O)[C@H](NC(=O)[C@@H](CC(C)C)NC)[C@H](O)c2ccc(c(C)c2)Oc2cc3cc(c2O[C@@H]2O[C@H](CN)[C@@H](O)[C@H](O)[C@H]2O)Oc2ccc(cc2Cl)[C@@H](O)[C@@H]2NC(=O)[C@H](NC(=O)[C@@H]3NC1=O)c1ccc(O)c(c1)-c1c(C)cc(O)cc1[C@@H](C(=O)NC1C3CC4CC(C3)CC1C4)NC2=O. The van der Waals surface area contributed by atoms with Gasteiger partial charge in [-0.25, -0.2) is 4.79 Å². The van der Waals surface area contributed by atoms with Crippen LogP contribution >= 0.6 is 11.6 Å². The summed E-state index contributed by atoms with van der Waals surface area (Å²) in [5.41, 5.74) is 5.79. The Kier molecular flexibility index (Phi) is 25.1. The summed E-state index contributed by atoms with van der Waals surface area (Å²) in [5.74, 6) is -10.5. The summed E-state index contributed by atoms with van der Waals surface area (Å²) in [4.78, 5) is 137. The summed E-state index contributed by atoms with van der Waals surface area (Å²) < 4.78 is 25.9. The average Bonchev–Trinajstić information content (AvgIpc) is 0.765. The lowest BCUT2D eigenvalue weighted by Crippen LogP contribution is -2.60. The largest absolute Gasteiger partial charge is 0.508 e. The molecule has 5 fully saturated rings. The number of likely N-dealkylation sites (N-methyl/N-ethyl adjacent to an activating group) is 1. The summed E-state index contributed by atoms with van der Waals surface area (Å²) in [5, 5.41) is 109. The Labute approximate surface area is 645 Å². The molecular formula is C79H98ClN11O20. The van der Waals surface area contributed by atoms with E-state index in [4.69, 9.17) is 36.3 Å². The van der Waals surface area contributed by atoms with Crippen LogP contribution in [0.2, 0.25) is 5.02 Å². The van der Waals surface area contributed by atoms with Crippen molar-refractivity contribution < 1.29 is 97.8 Å². The molecule has 19 N–H and O–H groups in total. The number of amides is 10. The van der Waals surface area contributed by atoms with Crippen LogP contribution in [0.3, 0.4) is 0 Å². The van der Waals surface area contributed by atoms with Crippen LogP contribution < -0.4 is 73.1 Å². The fourth-order valence-electron chi connectivity index (χ4n) is 16.8. The maximum atomic E-state index is 16.4. The first-order valence-electron chi connectivity index (χ1n) is 37.9. The van der Waals surface area contributed by atoms with E-state index in [1.54, 1.807) is 6.92 Å². The van der Waals surface area contributed by atoms with Crippen molar-refractivity contribution in [1.82, 2.24) is 53.2 Å². The summed E-state index contributed by atoms with van der Waals surface area (Å²) in [6.45, 7) is 8.59. The number of nitrogens with two attached hydrogens (primary N) is 1. The summed E-state index contributed by atoms with van der Waals surface area (Å²) in [6.07, 6.45) is -5.25. The van der Waals surface area contributed by atoms with Crippen LogP contribution in [0.5, 0.6) is 40.2 Å². The van der Waals surface area contributed by atoms with E-state index in [1.165, 1.54) is 80.7 Å². The highest BCUT2D eigenvalue weighted by atomic mass is 35.5. The first-order chi connectivity index (χ1) is 53.0. The molecule has 0 radical (unpaired) electrons. The number of carbonyl (C=O) groups excluding carboxylic acids is 9. The maximum Gasteiger partial charge on any atom is 0.321 e. The molecule has 31 nitrogen and oxygen atoms in total. The Morgan fingerprint density at radius 3 is 1.95 bits per heavy atom. The quantitative estimate of drug-likeness (QED) is 0.0545. The van der Waals surface area contributed by atoms with Gasteiger partial charge in [-0.15, -0.1) is 0 Å². The number of aromatic hydroxyl groups is 2. The third-order valence-corrected chi connectivity index (χ3v) is 22.6. The molecule has 4 saturated carbocycles. The minimum absolute atomic E-state index is 0.00924. The van der Waals surface area contributed by atoms with Gasteiger partial charge in [0, 0.05) is 24.7 Å². The molecule has 4 aliphatic carbocycles. The smallest absolute Gasteiger partial charge is 0.321 e. The summed E-state index contributed by atoms with van der Waals surface area (Å²) in [7, 11) is 1.51. The van der Waals surface area contributed by atoms with Gasteiger partial charge in [-0.2, -0.15) is 0 Å². The number of imide groups is 1. The number of aliphatic hydroxyl groups is 5. The molecule has 10 amide bonds. The minimum atomic E-state index is -2.27. The van der Waals surface area contributed by atoms with E-state index in [0.29, 0.717) is 18.3 Å². The number of carbonyl (C=O) groups is 9. The van der Waals surface area contributed by atoms with Gasteiger partial charge in [0.15, 0.2) is 11.5 Å². The lowest BCUT2D eigenvalue weighted by Gasteiger charge is -2.54. The zero-order chi connectivity index (χ0) is 79.5. The van der Waals surface area contributed by atoms with Crippen LogP contribution in [0.15, 0.2) is 78.9 Å². The second kappa shape index (κ2) is 34.5. The van der Waals surface area contributed by atoms with E-state index in [2.05, 4.69) is 53.2 Å². The number of unbranched alkanes of at least 4 members (excludes halogenated alkanes) is 4. The van der Waals surface area contributed by atoms with Gasteiger partial charge >= 0.3 is 6.03 Å². The Morgan fingerprint density at radius 1 is 0.649 bits per heavy atom. The fourth-order valence-corrected chi connectivity index (χ4v) is 17.0. The molecule has 6 heterocycles. The Balaban J connectivity index is 1.05. The first-order valence-corrected chi connectivity index (χ1v) is 38.3. The second-order valence-electron chi connectivity index (χ2n) is 30.7. The number of nitrogens with one attached hydrogen (secondary N) is 10. The molecule has 5 aromatic rings. The monoisotopic (exact) mass is 1560 g/mol. The molecule has 111 heavy (non-hydrogen) atoms. The molecule has 14 atom stereocenters. The van der Waals surface area contributed by atoms with E-state index in [0.717, 1.165) is 69.9 Å². The number of halogens is 1. The van der Waals surface area contributed by atoms with Gasteiger partial charge in [0.25, 0.3) is 0 Å². The number of hydrogen-bond acceptors (Lipinski definition) is 22. The zero-order valence-corrected chi connectivity index (χ0v) is 63.1. The van der Waals surface area contributed by atoms with Crippen LogP contribution in [-0.2, 0) is 43.1 Å². The van der Waals surface area contributed by atoms with Crippen LogP contribution in [0, 0.1) is 43.4 Å². The molecule has 15 rings (SSSR count). The average molecular weight is 1560 g/mol. The Hall–Kier alpha value is -9.70. The van der Waals surface area contributed by atoms with Gasteiger partial charge in [0.05, 0.1) is 17.5 Å². The highest BCUT2D eigenvalue weighted by molar-refractivity contribution is 6.32. The maximum absolute atomic E-state index is 16.4. The molecular weight excluding hydrogens is 1460 g/mol. The van der Waals surface area contributed by atoms with Crippen molar-refractivity contribution in [3.05, 3.63) is 123 Å². The van der Waals surface area contributed by atoms with Crippen molar-refractivity contribution in [1.29, 1.82) is 0 Å². The molecule has 32 heteroatoms. The molecule has 0 aromatic heterocycles. The summed E-state index contributed by atoms with van der Waals surface area (Å²) in [6, 6.07) is 1.88. The molecule has 0 unspecified atom stereocenters. The number of aryl methyl sites for hydroxylation is 2. The molecule has 5 aromatic carbocycles. The van der Waals surface area contributed by atoms with Gasteiger partial charge in [-0.1, -0.05) is 76.3 Å². The van der Waals surface area contributed by atoms with Gasteiger partial charge in [-0.05, 0) is 201 Å². The molecule has 15 bridgehead atoms. The highest BCUT2D eigenvalue weighted by Crippen LogP contribution is 2.55. The molecule has 10 aliphatic rings. The third-order valence-electron chi connectivity index (χ3n) is 22.3. The minimum Gasteiger partial charge on any atom is -0.508 e. The molecule has 596 valence electrons.